The quantitative estimate of drug-likeness (QED) is 0.501. The summed E-state index contributed by atoms with van der Waals surface area (Å²) in [6.45, 7) is 2.74. The predicted molar refractivity (Wildman–Crippen MR) is 133 cm³/mol. The molecule has 0 aromatic heterocycles. The number of likely N-dealkylation sites (tertiary alicyclic amines) is 1. The van der Waals surface area contributed by atoms with Gasteiger partial charge in [0.25, 0.3) is 0 Å². The molecule has 36 heavy (non-hydrogen) atoms. The van der Waals surface area contributed by atoms with Crippen molar-refractivity contribution in [2.75, 3.05) is 37.0 Å². The summed E-state index contributed by atoms with van der Waals surface area (Å²) in [5, 5.41) is 2.77. The van der Waals surface area contributed by atoms with Crippen LogP contribution in [0, 0.1) is 11.6 Å². The topological polar surface area (TPSA) is 61.9 Å². The van der Waals surface area contributed by atoms with Crippen molar-refractivity contribution in [3.63, 3.8) is 0 Å². The molecule has 1 spiro atoms. The molecule has 3 aromatic rings. The SMILES string of the molecule is COC(=O)c1ccc(CN2CCC3(CC2)CN(C(=O)Nc2cccc(F)c2)c2ccc(F)cc23)cc1. The number of halogens is 2. The van der Waals surface area contributed by atoms with Crippen molar-refractivity contribution in [2.45, 2.75) is 24.8 Å². The van der Waals surface area contributed by atoms with Crippen LogP contribution >= 0.6 is 0 Å². The highest BCUT2D eigenvalue weighted by molar-refractivity contribution is 6.03. The van der Waals surface area contributed by atoms with E-state index in [9.17, 15) is 18.4 Å². The van der Waals surface area contributed by atoms with Gasteiger partial charge >= 0.3 is 12.0 Å². The van der Waals surface area contributed by atoms with Crippen LogP contribution in [0.1, 0.15) is 34.3 Å². The Morgan fingerprint density at radius 2 is 1.69 bits per heavy atom. The van der Waals surface area contributed by atoms with Crippen LogP contribution < -0.4 is 10.2 Å². The van der Waals surface area contributed by atoms with E-state index in [0.29, 0.717) is 23.5 Å². The lowest BCUT2D eigenvalue weighted by molar-refractivity contribution is 0.0600. The van der Waals surface area contributed by atoms with Crippen LogP contribution in [-0.4, -0.2) is 43.6 Å². The first-order chi connectivity index (χ1) is 17.4. The van der Waals surface area contributed by atoms with Gasteiger partial charge in [-0.1, -0.05) is 18.2 Å². The van der Waals surface area contributed by atoms with Gasteiger partial charge in [0.05, 0.1) is 12.7 Å². The maximum atomic E-state index is 14.3. The number of hydrogen-bond donors (Lipinski definition) is 1. The molecule has 1 N–H and O–H groups in total. The molecule has 0 saturated carbocycles. The summed E-state index contributed by atoms with van der Waals surface area (Å²) in [5.74, 6) is -1.12. The molecule has 0 radical (unpaired) electrons. The van der Waals surface area contributed by atoms with Gasteiger partial charge in [-0.05, 0) is 85.6 Å². The van der Waals surface area contributed by atoms with Gasteiger partial charge in [0.2, 0.25) is 0 Å². The first kappa shape index (κ1) is 23.9. The lowest BCUT2D eigenvalue weighted by atomic mass is 9.74. The number of urea groups is 1. The van der Waals surface area contributed by atoms with Crippen molar-refractivity contribution >= 4 is 23.4 Å². The van der Waals surface area contributed by atoms with Crippen LogP contribution in [0.3, 0.4) is 0 Å². The highest BCUT2D eigenvalue weighted by Gasteiger charge is 2.46. The lowest BCUT2D eigenvalue weighted by Gasteiger charge is -2.40. The summed E-state index contributed by atoms with van der Waals surface area (Å²) < 4.78 is 32.6. The monoisotopic (exact) mass is 491 g/mol. The molecule has 0 aliphatic carbocycles. The molecule has 0 unspecified atom stereocenters. The van der Waals surface area contributed by atoms with E-state index >= 15 is 0 Å². The van der Waals surface area contributed by atoms with Crippen molar-refractivity contribution in [3.8, 4) is 0 Å². The number of nitrogens with zero attached hydrogens (tertiary/aromatic N) is 2. The summed E-state index contributed by atoms with van der Waals surface area (Å²) in [4.78, 5) is 28.8. The van der Waals surface area contributed by atoms with Crippen LogP contribution in [0.4, 0.5) is 25.0 Å². The van der Waals surface area contributed by atoms with Crippen LogP contribution in [0.2, 0.25) is 0 Å². The number of rotatable bonds is 4. The van der Waals surface area contributed by atoms with Gasteiger partial charge < -0.3 is 10.1 Å². The van der Waals surface area contributed by atoms with Crippen LogP contribution in [0.5, 0.6) is 0 Å². The molecular formula is C28H27F2N3O3. The van der Waals surface area contributed by atoms with E-state index in [1.54, 1.807) is 41.3 Å². The van der Waals surface area contributed by atoms with Crippen LogP contribution in [-0.2, 0) is 16.7 Å². The fraction of sp³-hybridized carbons (Fsp3) is 0.286. The Kier molecular flexibility index (Phi) is 6.45. The Morgan fingerprint density at radius 3 is 2.39 bits per heavy atom. The predicted octanol–water partition coefficient (Wildman–Crippen LogP) is 5.34. The summed E-state index contributed by atoms with van der Waals surface area (Å²) in [5.41, 5.74) is 3.17. The zero-order chi connectivity index (χ0) is 25.3. The van der Waals surface area contributed by atoms with E-state index in [1.807, 2.05) is 12.1 Å². The molecular weight excluding hydrogens is 464 g/mol. The second-order valence-corrected chi connectivity index (χ2v) is 9.43. The fourth-order valence-corrected chi connectivity index (χ4v) is 5.27. The molecule has 8 heteroatoms. The van der Waals surface area contributed by atoms with Gasteiger partial charge in [0.1, 0.15) is 11.6 Å². The number of methoxy groups -OCH3 is 1. The van der Waals surface area contributed by atoms with Crippen molar-refractivity contribution < 1.29 is 23.1 Å². The van der Waals surface area contributed by atoms with E-state index in [0.717, 1.165) is 43.6 Å². The van der Waals surface area contributed by atoms with E-state index in [2.05, 4.69) is 10.2 Å². The zero-order valence-corrected chi connectivity index (χ0v) is 20.0. The molecule has 186 valence electrons. The Bertz CT molecular complexity index is 1290. The highest BCUT2D eigenvalue weighted by atomic mass is 19.1. The van der Waals surface area contributed by atoms with E-state index in [4.69, 9.17) is 4.74 Å². The molecule has 0 atom stereocenters. The van der Waals surface area contributed by atoms with Crippen LogP contribution in [0.25, 0.3) is 0 Å². The summed E-state index contributed by atoms with van der Waals surface area (Å²) in [7, 11) is 1.36. The first-order valence-electron chi connectivity index (χ1n) is 11.9. The largest absolute Gasteiger partial charge is 0.465 e. The third kappa shape index (κ3) is 4.68. The maximum absolute atomic E-state index is 14.3. The second kappa shape index (κ2) is 9.70. The Morgan fingerprint density at radius 1 is 0.972 bits per heavy atom. The van der Waals surface area contributed by atoms with Gasteiger partial charge in [-0.15, -0.1) is 0 Å². The van der Waals surface area contributed by atoms with Crippen LogP contribution in [0.15, 0.2) is 66.7 Å². The fourth-order valence-electron chi connectivity index (χ4n) is 5.27. The van der Waals surface area contributed by atoms with Gasteiger partial charge in [-0.25, -0.2) is 18.4 Å². The number of carbonyl (C=O) groups excluding carboxylic acids is 2. The number of benzene rings is 3. The number of carbonyl (C=O) groups is 2. The summed E-state index contributed by atoms with van der Waals surface area (Å²) in [6, 6.07) is 17.3. The molecule has 2 aliphatic heterocycles. The second-order valence-electron chi connectivity index (χ2n) is 9.43. The Hall–Kier alpha value is -3.78. The normalized spacial score (nSPS) is 16.6. The number of hydrogen-bond acceptors (Lipinski definition) is 4. The summed E-state index contributed by atoms with van der Waals surface area (Å²) >= 11 is 0. The molecule has 6 nitrogen and oxygen atoms in total. The number of anilines is 2. The van der Waals surface area contributed by atoms with E-state index < -0.39 is 5.82 Å². The molecule has 2 heterocycles. The molecule has 1 fully saturated rings. The molecule has 5 rings (SSSR count). The molecule has 0 bridgehead atoms. The number of esters is 1. The molecule has 3 aromatic carbocycles. The van der Waals surface area contributed by atoms with Crippen molar-refractivity contribution in [1.29, 1.82) is 0 Å². The average Bonchev–Trinajstić information content (AvgIpc) is 3.19. The third-order valence-corrected chi connectivity index (χ3v) is 7.20. The van der Waals surface area contributed by atoms with Gasteiger partial charge in [0.15, 0.2) is 0 Å². The standard InChI is InChI=1S/C28H27F2N3O3/c1-36-26(34)20-7-5-19(6-8-20)17-32-13-11-28(12-14-32)18-33(25-10-9-22(30)16-24(25)28)27(35)31-23-4-2-3-21(29)15-23/h2-10,15-16H,11-14,17-18H2,1H3,(H,31,35). The highest BCUT2D eigenvalue weighted by Crippen LogP contribution is 2.47. The number of ether oxygens (including phenoxy) is 1. The zero-order valence-electron chi connectivity index (χ0n) is 20.0. The number of fused-ring (bicyclic) bond motifs is 2. The first-order valence-corrected chi connectivity index (χ1v) is 11.9. The number of piperidine rings is 1. The third-order valence-electron chi connectivity index (χ3n) is 7.20. The molecule has 1 saturated heterocycles. The number of amides is 2. The van der Waals surface area contributed by atoms with Gasteiger partial charge in [-0.2, -0.15) is 0 Å². The van der Waals surface area contributed by atoms with Gasteiger partial charge in [-0.3, -0.25) is 9.80 Å². The summed E-state index contributed by atoms with van der Waals surface area (Å²) in [6.07, 6.45) is 1.54. The van der Waals surface area contributed by atoms with Gasteiger partial charge in [0, 0.05) is 29.9 Å². The minimum Gasteiger partial charge on any atom is -0.465 e. The van der Waals surface area contributed by atoms with E-state index in [-0.39, 0.29) is 23.2 Å². The van der Waals surface area contributed by atoms with Crippen molar-refractivity contribution in [1.82, 2.24) is 4.90 Å². The van der Waals surface area contributed by atoms with Crippen molar-refractivity contribution in [3.05, 3.63) is 95.1 Å². The number of nitrogens with one attached hydrogen (secondary N) is 1. The smallest absolute Gasteiger partial charge is 0.337 e. The Balaban J connectivity index is 1.30. The minimum absolute atomic E-state index is 0.325. The molecule has 2 aliphatic rings. The minimum atomic E-state index is -0.430. The lowest BCUT2D eigenvalue weighted by Crippen LogP contribution is -2.46. The average molecular weight is 492 g/mol. The maximum Gasteiger partial charge on any atom is 0.337 e. The Labute approximate surface area is 208 Å². The van der Waals surface area contributed by atoms with E-state index in [1.165, 1.54) is 25.3 Å². The molecule has 2 amide bonds. The van der Waals surface area contributed by atoms with Crippen molar-refractivity contribution in [2.24, 2.45) is 0 Å².